The quantitative estimate of drug-likeness (QED) is 0.244. The van der Waals surface area contributed by atoms with Gasteiger partial charge >= 0.3 is 6.09 Å². The average molecular weight is 557 g/mol. The van der Waals surface area contributed by atoms with Crippen LogP contribution < -0.4 is 5.32 Å². The van der Waals surface area contributed by atoms with Crippen molar-refractivity contribution in [1.29, 1.82) is 0 Å². The molecule has 0 spiro atoms. The number of alkyl carbamates (subject to hydrolysis) is 1. The topological polar surface area (TPSA) is 41.6 Å². The lowest BCUT2D eigenvalue weighted by molar-refractivity contribution is -0.0583. The van der Waals surface area contributed by atoms with Gasteiger partial charge in [0.1, 0.15) is 6.10 Å². The van der Waals surface area contributed by atoms with Gasteiger partial charge in [0.25, 0.3) is 0 Å². The van der Waals surface area contributed by atoms with Gasteiger partial charge in [0.15, 0.2) is 0 Å². The van der Waals surface area contributed by atoms with Gasteiger partial charge in [-0.3, -0.25) is 0 Å². The number of likely N-dealkylation sites (N-methyl/N-ethyl adjacent to an activating group) is 1. The molecule has 1 N–H and O–H groups in total. The minimum absolute atomic E-state index is 0.0349. The molecule has 0 heterocycles. The molecule has 0 aromatic heterocycles. The van der Waals surface area contributed by atoms with Crippen LogP contribution in [0.15, 0.2) is 11.6 Å². The van der Waals surface area contributed by atoms with Gasteiger partial charge in [-0.2, -0.15) is 0 Å². The number of allylic oxidation sites excluding steroid dienone is 1. The maximum atomic E-state index is 12.5. The van der Waals surface area contributed by atoms with E-state index in [1.807, 2.05) is 0 Å². The van der Waals surface area contributed by atoms with E-state index in [-0.39, 0.29) is 12.2 Å². The van der Waals surface area contributed by atoms with E-state index in [0.717, 1.165) is 73.9 Å². The van der Waals surface area contributed by atoms with E-state index in [9.17, 15) is 4.79 Å². The molecule has 0 unspecified atom stereocenters. The van der Waals surface area contributed by atoms with Gasteiger partial charge in [-0.25, -0.2) is 4.79 Å². The van der Waals surface area contributed by atoms with Crippen molar-refractivity contribution in [3.05, 3.63) is 11.6 Å². The Labute approximate surface area is 247 Å². The lowest BCUT2D eigenvalue weighted by atomic mass is 9.47. The molecule has 40 heavy (non-hydrogen) atoms. The highest BCUT2D eigenvalue weighted by atomic mass is 16.6. The van der Waals surface area contributed by atoms with Crippen LogP contribution in [0, 0.1) is 52.3 Å². The molecule has 4 aliphatic rings. The van der Waals surface area contributed by atoms with Gasteiger partial charge in [0, 0.05) is 19.5 Å². The number of amides is 1. The molecule has 0 aromatic rings. The van der Waals surface area contributed by atoms with E-state index < -0.39 is 0 Å². The van der Waals surface area contributed by atoms with Gasteiger partial charge in [-0.1, -0.05) is 79.9 Å². The van der Waals surface area contributed by atoms with Crippen LogP contribution in [0.2, 0.25) is 0 Å². The van der Waals surface area contributed by atoms with Crippen LogP contribution in [0.1, 0.15) is 126 Å². The molecule has 4 rings (SSSR count). The molecule has 0 radical (unpaired) electrons. The predicted octanol–water partition coefficient (Wildman–Crippen LogP) is 9.10. The maximum Gasteiger partial charge on any atom is 0.407 e. The van der Waals surface area contributed by atoms with Crippen LogP contribution in [-0.2, 0) is 4.74 Å². The van der Waals surface area contributed by atoms with Crippen LogP contribution in [-0.4, -0.2) is 43.3 Å². The summed E-state index contributed by atoms with van der Waals surface area (Å²) < 4.78 is 5.95. The molecule has 230 valence electrons. The van der Waals surface area contributed by atoms with E-state index in [1.54, 1.807) is 5.57 Å². The summed E-state index contributed by atoms with van der Waals surface area (Å²) in [6.45, 7) is 23.0. The number of carbonyl (C=O) groups is 1. The highest BCUT2D eigenvalue weighted by Crippen LogP contribution is 2.67. The van der Waals surface area contributed by atoms with Gasteiger partial charge in [0.05, 0.1) is 0 Å². The molecule has 3 saturated carbocycles. The average Bonchev–Trinajstić information content (AvgIpc) is 3.28. The van der Waals surface area contributed by atoms with Gasteiger partial charge in [-0.05, 0) is 117 Å². The summed E-state index contributed by atoms with van der Waals surface area (Å²) in [6, 6.07) is 0. The third kappa shape index (κ3) is 6.47. The number of ether oxygens (including phenoxy) is 1. The van der Waals surface area contributed by atoms with Crippen molar-refractivity contribution in [3.63, 3.8) is 0 Å². The smallest absolute Gasteiger partial charge is 0.407 e. The molecular formula is C36H64N2O2. The van der Waals surface area contributed by atoms with E-state index in [0.29, 0.717) is 17.4 Å². The molecule has 9 atom stereocenters. The highest BCUT2D eigenvalue weighted by molar-refractivity contribution is 5.67. The highest BCUT2D eigenvalue weighted by Gasteiger charge is 2.59. The number of rotatable bonds is 12. The molecule has 0 aliphatic heterocycles. The van der Waals surface area contributed by atoms with Gasteiger partial charge in [-0.15, -0.1) is 0 Å². The van der Waals surface area contributed by atoms with Crippen LogP contribution in [0.25, 0.3) is 0 Å². The summed E-state index contributed by atoms with van der Waals surface area (Å²) in [5.74, 6) is 6.03. The van der Waals surface area contributed by atoms with Crippen molar-refractivity contribution in [1.82, 2.24) is 10.2 Å². The van der Waals surface area contributed by atoms with Crippen LogP contribution in [0.4, 0.5) is 4.79 Å². The van der Waals surface area contributed by atoms with Crippen LogP contribution in [0.3, 0.4) is 0 Å². The van der Waals surface area contributed by atoms with Crippen molar-refractivity contribution in [3.8, 4) is 0 Å². The molecule has 4 heteroatoms. The van der Waals surface area contributed by atoms with Crippen LogP contribution in [0.5, 0.6) is 0 Å². The summed E-state index contributed by atoms with van der Waals surface area (Å²) in [7, 11) is 0. The molecule has 4 aliphatic carbocycles. The summed E-state index contributed by atoms with van der Waals surface area (Å²) >= 11 is 0. The monoisotopic (exact) mass is 556 g/mol. The first-order valence-electron chi connectivity index (χ1n) is 17.4. The largest absolute Gasteiger partial charge is 0.446 e. The normalized spacial score (nSPS) is 36.9. The number of carbonyl (C=O) groups excluding carboxylic acids is 1. The van der Waals surface area contributed by atoms with Crippen LogP contribution >= 0.6 is 0 Å². The minimum atomic E-state index is -0.228. The van der Waals surface area contributed by atoms with Crippen molar-refractivity contribution >= 4 is 6.09 Å². The van der Waals surface area contributed by atoms with Gasteiger partial charge in [0.2, 0.25) is 0 Å². The van der Waals surface area contributed by atoms with E-state index in [2.05, 4.69) is 71.7 Å². The maximum absolute atomic E-state index is 12.5. The fourth-order valence-electron chi connectivity index (χ4n) is 10.4. The first-order valence-corrected chi connectivity index (χ1v) is 17.4. The number of fused-ring (bicyclic) bond motifs is 5. The molecular weight excluding hydrogens is 492 g/mol. The predicted molar refractivity (Wildman–Crippen MR) is 168 cm³/mol. The Kier molecular flexibility index (Phi) is 10.8. The Morgan fingerprint density at radius 2 is 1.77 bits per heavy atom. The number of nitrogens with zero attached hydrogens (tertiary/aromatic N) is 1. The lowest BCUT2D eigenvalue weighted by Gasteiger charge is -2.58. The number of hydrogen-bond donors (Lipinski definition) is 1. The van der Waals surface area contributed by atoms with Crippen molar-refractivity contribution in [2.24, 2.45) is 52.3 Å². The Bertz CT molecular complexity index is 865. The Morgan fingerprint density at radius 1 is 1.02 bits per heavy atom. The van der Waals surface area contributed by atoms with Crippen molar-refractivity contribution < 1.29 is 9.53 Å². The number of hydrogen-bond acceptors (Lipinski definition) is 3. The molecule has 0 saturated heterocycles. The first-order chi connectivity index (χ1) is 19.1. The second-order valence-electron chi connectivity index (χ2n) is 15.2. The summed E-state index contributed by atoms with van der Waals surface area (Å²) in [5, 5.41) is 3.00. The lowest BCUT2D eigenvalue weighted by Crippen LogP contribution is -2.51. The fourth-order valence-corrected chi connectivity index (χ4v) is 10.4. The van der Waals surface area contributed by atoms with Crippen molar-refractivity contribution in [2.45, 2.75) is 132 Å². The minimum Gasteiger partial charge on any atom is -0.446 e. The van der Waals surface area contributed by atoms with Crippen molar-refractivity contribution in [2.75, 3.05) is 26.2 Å². The molecule has 1 amide bonds. The molecule has 3 fully saturated rings. The van der Waals surface area contributed by atoms with E-state index >= 15 is 0 Å². The SMILES string of the molecule is CC[C@H](CC[C@@H](C)[C@H]1CC[C@H]2[C@@H]3CC=C4C[C@@H](OC(=O)NCCN(CC)CC)CC[C@]4(C)[C@H]3CC[C@]12C)C(C)C. The third-order valence-corrected chi connectivity index (χ3v) is 13.1. The Balaban J connectivity index is 1.34. The first kappa shape index (κ1) is 31.9. The fraction of sp³-hybridized carbons (Fsp3) is 0.917. The second kappa shape index (κ2) is 13.5. The molecule has 0 aromatic carbocycles. The Morgan fingerprint density at radius 3 is 2.45 bits per heavy atom. The standard InChI is InChI=1S/C36H64N2O2/c1-9-27(25(4)5)13-12-26(6)31-16-17-32-30-15-14-28-24-29(40-34(39)37-22-23-38(10-2)11-3)18-20-35(28,7)33(30)19-21-36(31,32)8/h14,25-27,29-33H,9-13,15-24H2,1-8H3,(H,37,39)/t26-,27-,29+,30+,31-,32+,33+,35+,36-/m1/s1. The number of nitrogens with one attached hydrogen (secondary N) is 1. The Hall–Kier alpha value is -1.03. The van der Waals surface area contributed by atoms with Gasteiger partial charge < -0.3 is 15.0 Å². The zero-order valence-corrected chi connectivity index (χ0v) is 27.6. The zero-order chi connectivity index (χ0) is 29.1. The second-order valence-corrected chi connectivity index (χ2v) is 15.2. The zero-order valence-electron chi connectivity index (χ0n) is 27.6. The summed E-state index contributed by atoms with van der Waals surface area (Å²) in [5.41, 5.74) is 2.44. The summed E-state index contributed by atoms with van der Waals surface area (Å²) in [4.78, 5) is 14.9. The molecule has 4 nitrogen and oxygen atoms in total. The molecule has 0 bridgehead atoms. The summed E-state index contributed by atoms with van der Waals surface area (Å²) in [6.07, 6.45) is 16.7. The third-order valence-electron chi connectivity index (χ3n) is 13.1. The van der Waals surface area contributed by atoms with E-state index in [1.165, 1.54) is 57.8 Å². The van der Waals surface area contributed by atoms with E-state index in [4.69, 9.17) is 4.74 Å².